The van der Waals surface area contributed by atoms with Crippen LogP contribution in [-0.2, 0) is 0 Å². The van der Waals surface area contributed by atoms with Gasteiger partial charge in [-0.3, -0.25) is 14.9 Å². The van der Waals surface area contributed by atoms with E-state index in [1.54, 1.807) is 30.6 Å². The number of H-pyrrole nitrogens is 1. The lowest BCUT2D eigenvalue weighted by Crippen LogP contribution is -2.12. The van der Waals surface area contributed by atoms with Crippen molar-refractivity contribution in [2.75, 3.05) is 11.9 Å². The topological polar surface area (TPSA) is 79.9 Å². The molecule has 2 aromatic heterocycles. The minimum absolute atomic E-state index is 0.253. The molecule has 116 valence electrons. The maximum absolute atomic E-state index is 12.2. The Morgan fingerprint density at radius 3 is 2.78 bits per heavy atom. The van der Waals surface area contributed by atoms with E-state index in [4.69, 9.17) is 4.74 Å². The van der Waals surface area contributed by atoms with Crippen molar-refractivity contribution in [3.63, 3.8) is 0 Å². The van der Waals surface area contributed by atoms with E-state index < -0.39 is 0 Å². The molecule has 0 saturated heterocycles. The molecule has 0 bridgehead atoms. The van der Waals surface area contributed by atoms with Crippen LogP contribution in [0.25, 0.3) is 11.3 Å². The van der Waals surface area contributed by atoms with E-state index in [0.29, 0.717) is 23.7 Å². The molecule has 3 aromatic rings. The number of aromatic nitrogens is 3. The molecule has 1 aromatic carbocycles. The first-order chi connectivity index (χ1) is 11.3. The van der Waals surface area contributed by atoms with Crippen molar-refractivity contribution in [3.05, 3.63) is 60.6 Å². The fourth-order valence-electron chi connectivity index (χ4n) is 2.10. The number of pyridine rings is 1. The number of ether oxygens (including phenoxy) is 1. The van der Waals surface area contributed by atoms with Gasteiger partial charge < -0.3 is 10.1 Å². The van der Waals surface area contributed by atoms with Gasteiger partial charge in [0, 0.05) is 23.6 Å². The average molecular weight is 308 g/mol. The van der Waals surface area contributed by atoms with Crippen LogP contribution in [0.5, 0.6) is 5.75 Å². The molecule has 0 unspecified atom stereocenters. The molecule has 0 saturated carbocycles. The second-order valence-corrected chi connectivity index (χ2v) is 4.82. The number of nitrogens with zero attached hydrogens (tertiary/aromatic N) is 2. The molecular formula is C17H16N4O2. The third-order valence-electron chi connectivity index (χ3n) is 3.20. The zero-order valence-electron chi connectivity index (χ0n) is 12.6. The highest BCUT2D eigenvalue weighted by Crippen LogP contribution is 2.18. The van der Waals surface area contributed by atoms with E-state index >= 15 is 0 Å². The summed E-state index contributed by atoms with van der Waals surface area (Å²) < 4.78 is 5.37. The predicted octanol–water partition coefficient (Wildman–Crippen LogP) is 3.12. The monoisotopic (exact) mass is 308 g/mol. The molecule has 2 N–H and O–H groups in total. The normalized spacial score (nSPS) is 10.3. The lowest BCUT2D eigenvalue weighted by molar-refractivity contribution is 0.102. The van der Waals surface area contributed by atoms with Gasteiger partial charge in [-0.25, -0.2) is 0 Å². The Hall–Kier alpha value is -3.15. The van der Waals surface area contributed by atoms with E-state index in [2.05, 4.69) is 20.5 Å². The van der Waals surface area contributed by atoms with Crippen molar-refractivity contribution < 1.29 is 9.53 Å². The number of amides is 1. The molecule has 6 nitrogen and oxygen atoms in total. The number of hydrogen-bond donors (Lipinski definition) is 2. The Morgan fingerprint density at radius 2 is 2.09 bits per heavy atom. The first-order valence-corrected chi connectivity index (χ1v) is 7.26. The first kappa shape index (κ1) is 14.8. The van der Waals surface area contributed by atoms with E-state index in [1.165, 1.54) is 0 Å². The molecule has 1 amide bonds. The van der Waals surface area contributed by atoms with Crippen LogP contribution in [0.4, 0.5) is 5.69 Å². The summed E-state index contributed by atoms with van der Waals surface area (Å²) in [5.74, 6) is 0.516. The van der Waals surface area contributed by atoms with E-state index in [-0.39, 0.29) is 5.91 Å². The van der Waals surface area contributed by atoms with Crippen LogP contribution in [0, 0.1) is 0 Å². The summed E-state index contributed by atoms with van der Waals surface area (Å²) in [6.45, 7) is 2.53. The highest BCUT2D eigenvalue weighted by Gasteiger charge is 2.11. The Balaban J connectivity index is 1.70. The van der Waals surface area contributed by atoms with Gasteiger partial charge >= 0.3 is 0 Å². The second-order valence-electron chi connectivity index (χ2n) is 4.82. The van der Waals surface area contributed by atoms with Crippen LogP contribution in [0.3, 0.4) is 0 Å². The summed E-state index contributed by atoms with van der Waals surface area (Å²) in [7, 11) is 0. The van der Waals surface area contributed by atoms with E-state index in [1.807, 2.05) is 31.2 Å². The quantitative estimate of drug-likeness (QED) is 0.759. The SMILES string of the molecule is CCOc1ccc(NC(=O)c2cc(-c3cccnc3)n[nH]2)cc1. The first-order valence-electron chi connectivity index (χ1n) is 7.26. The lowest BCUT2D eigenvalue weighted by Gasteiger charge is -2.06. The molecule has 0 spiro atoms. The molecule has 0 aliphatic carbocycles. The van der Waals surface area contributed by atoms with Gasteiger partial charge in [0.15, 0.2) is 0 Å². The summed E-state index contributed by atoms with van der Waals surface area (Å²) >= 11 is 0. The number of hydrogen-bond acceptors (Lipinski definition) is 4. The maximum atomic E-state index is 12.2. The van der Waals surface area contributed by atoms with Gasteiger partial charge in [-0.2, -0.15) is 5.10 Å². The minimum Gasteiger partial charge on any atom is -0.494 e. The molecule has 0 radical (unpaired) electrons. The fourth-order valence-corrected chi connectivity index (χ4v) is 2.10. The minimum atomic E-state index is -0.253. The second kappa shape index (κ2) is 6.74. The van der Waals surface area contributed by atoms with E-state index in [0.717, 1.165) is 11.3 Å². The Kier molecular flexibility index (Phi) is 4.33. The van der Waals surface area contributed by atoms with Gasteiger partial charge in [0.2, 0.25) is 0 Å². The molecule has 0 fully saturated rings. The van der Waals surface area contributed by atoms with Crippen LogP contribution in [0.1, 0.15) is 17.4 Å². The smallest absolute Gasteiger partial charge is 0.273 e. The van der Waals surface area contributed by atoms with Gasteiger partial charge in [0.1, 0.15) is 11.4 Å². The predicted molar refractivity (Wildman–Crippen MR) is 87.4 cm³/mol. The van der Waals surface area contributed by atoms with Crippen molar-refractivity contribution in [3.8, 4) is 17.0 Å². The molecule has 0 aliphatic rings. The highest BCUT2D eigenvalue weighted by molar-refractivity contribution is 6.03. The summed E-state index contributed by atoms with van der Waals surface area (Å²) in [6, 6.07) is 12.6. The molecule has 3 rings (SSSR count). The maximum Gasteiger partial charge on any atom is 0.273 e. The van der Waals surface area contributed by atoms with Gasteiger partial charge in [-0.15, -0.1) is 0 Å². The Labute approximate surface area is 133 Å². The average Bonchev–Trinajstić information content (AvgIpc) is 3.08. The standard InChI is InChI=1S/C17H16N4O2/c1-2-23-14-7-5-13(6-8-14)19-17(22)16-10-15(20-21-16)12-4-3-9-18-11-12/h3-11H,2H2,1H3,(H,19,22)(H,20,21). The van der Waals surface area contributed by atoms with Gasteiger partial charge in [-0.1, -0.05) is 0 Å². The van der Waals surface area contributed by atoms with Crippen LogP contribution in [-0.4, -0.2) is 27.7 Å². The Bertz CT molecular complexity index is 782. The third kappa shape index (κ3) is 3.55. The zero-order chi connectivity index (χ0) is 16.1. The van der Waals surface area contributed by atoms with Crippen LogP contribution < -0.4 is 10.1 Å². The molecule has 23 heavy (non-hydrogen) atoms. The van der Waals surface area contributed by atoms with Crippen molar-refractivity contribution in [2.24, 2.45) is 0 Å². The molecule has 2 heterocycles. The number of benzene rings is 1. The number of carbonyl (C=O) groups is 1. The summed E-state index contributed by atoms with van der Waals surface area (Å²) in [4.78, 5) is 16.3. The van der Waals surface area contributed by atoms with Crippen molar-refractivity contribution in [1.82, 2.24) is 15.2 Å². The number of rotatable bonds is 5. The summed E-state index contributed by atoms with van der Waals surface area (Å²) in [6.07, 6.45) is 3.39. The third-order valence-corrected chi connectivity index (χ3v) is 3.20. The van der Waals surface area contributed by atoms with Gasteiger partial charge in [-0.05, 0) is 49.4 Å². The Morgan fingerprint density at radius 1 is 1.26 bits per heavy atom. The van der Waals surface area contributed by atoms with Crippen LogP contribution >= 0.6 is 0 Å². The largest absolute Gasteiger partial charge is 0.494 e. The number of nitrogens with one attached hydrogen (secondary N) is 2. The van der Waals surface area contributed by atoms with Crippen molar-refractivity contribution in [1.29, 1.82) is 0 Å². The van der Waals surface area contributed by atoms with Crippen LogP contribution in [0.15, 0.2) is 54.9 Å². The fraction of sp³-hybridized carbons (Fsp3) is 0.118. The number of anilines is 1. The summed E-state index contributed by atoms with van der Waals surface area (Å²) in [5.41, 5.74) is 2.60. The van der Waals surface area contributed by atoms with Gasteiger partial charge in [0.25, 0.3) is 5.91 Å². The molecule has 0 atom stereocenters. The van der Waals surface area contributed by atoms with Crippen molar-refractivity contribution >= 4 is 11.6 Å². The van der Waals surface area contributed by atoms with E-state index in [9.17, 15) is 4.79 Å². The lowest BCUT2D eigenvalue weighted by atomic mass is 10.2. The van der Waals surface area contributed by atoms with Gasteiger partial charge in [0.05, 0.1) is 12.3 Å². The summed E-state index contributed by atoms with van der Waals surface area (Å²) in [5, 5.41) is 9.69. The van der Waals surface area contributed by atoms with Crippen molar-refractivity contribution in [2.45, 2.75) is 6.92 Å². The highest BCUT2D eigenvalue weighted by atomic mass is 16.5. The molecule has 6 heteroatoms. The van der Waals surface area contributed by atoms with Crippen LogP contribution in [0.2, 0.25) is 0 Å². The number of aromatic amines is 1. The molecule has 0 aliphatic heterocycles. The zero-order valence-corrected chi connectivity index (χ0v) is 12.6. The number of carbonyl (C=O) groups excluding carboxylic acids is 1. The molecular weight excluding hydrogens is 292 g/mol.